The van der Waals surface area contributed by atoms with Crippen molar-refractivity contribution in [2.45, 2.75) is 241 Å². The summed E-state index contributed by atoms with van der Waals surface area (Å²) in [6.07, 6.45) is -0.624. The summed E-state index contributed by atoms with van der Waals surface area (Å²) in [5, 5.41) is 47.2. The van der Waals surface area contributed by atoms with Crippen LogP contribution in [0.2, 0.25) is 0 Å². The number of esters is 1. The summed E-state index contributed by atoms with van der Waals surface area (Å²) in [4.78, 5) is 26.8. The molecule has 0 amide bonds. The van der Waals surface area contributed by atoms with E-state index in [0.717, 1.165) is 11.1 Å². The van der Waals surface area contributed by atoms with E-state index in [9.17, 15) is 30.0 Å². The molecular weight excluding hydrogens is 1000 g/mol. The zero-order valence-electron chi connectivity index (χ0n) is 46.8. The Labute approximate surface area is 453 Å². The molecule has 19 nitrogen and oxygen atoms in total. The van der Waals surface area contributed by atoms with Crippen molar-refractivity contribution in [3.05, 3.63) is 53.6 Å². The summed E-state index contributed by atoms with van der Waals surface area (Å²) in [5.41, 5.74) is -5.31. The lowest BCUT2D eigenvalue weighted by Gasteiger charge is -2.67. The molecular formula is C58H86O19. The molecule has 0 radical (unpaired) electrons. The van der Waals surface area contributed by atoms with E-state index < -0.39 is 144 Å². The number of carbonyl (C=O) groups excluding carboxylic acids is 1. The van der Waals surface area contributed by atoms with Crippen molar-refractivity contribution in [1.82, 2.24) is 0 Å². The molecule has 3 saturated carbocycles. The van der Waals surface area contributed by atoms with Gasteiger partial charge in [-0.25, -0.2) is 4.79 Å². The number of fused-ring (bicyclic) bond motifs is 5. The van der Waals surface area contributed by atoms with E-state index in [-0.39, 0.29) is 37.9 Å². The van der Waals surface area contributed by atoms with Gasteiger partial charge in [0.05, 0.1) is 65.8 Å². The second kappa shape index (κ2) is 23.1. The van der Waals surface area contributed by atoms with Gasteiger partial charge < -0.3 is 82.0 Å². The Balaban J connectivity index is 0.809. The number of aliphatic hydroxyl groups is 3. The molecule has 4 N–H and O–H groups in total. The maximum Gasteiger partial charge on any atom is 0.331 e. The Kier molecular flexibility index (Phi) is 17.6. The average Bonchev–Trinajstić information content (AvgIpc) is 3.95. The smallest absolute Gasteiger partial charge is 0.331 e. The van der Waals surface area contributed by atoms with Gasteiger partial charge in [0.1, 0.15) is 41.7 Å². The number of methoxy groups -OCH3 is 4. The first kappa shape index (κ1) is 58.7. The molecule has 24 atom stereocenters. The van der Waals surface area contributed by atoms with Gasteiger partial charge in [-0.15, -0.1) is 0 Å². The van der Waals surface area contributed by atoms with Crippen molar-refractivity contribution in [3.8, 4) is 0 Å². The molecule has 19 heteroatoms. The van der Waals surface area contributed by atoms with Crippen LogP contribution in [-0.2, 0) is 71.2 Å². The molecule has 0 bridgehead atoms. The quantitative estimate of drug-likeness (QED) is 0.0843. The van der Waals surface area contributed by atoms with Gasteiger partial charge in [-0.3, -0.25) is 4.79 Å². The highest BCUT2D eigenvalue weighted by molar-refractivity contribution is 5.87. The van der Waals surface area contributed by atoms with Crippen LogP contribution in [0.4, 0.5) is 0 Å². The lowest BCUT2D eigenvalue weighted by Crippen LogP contribution is -2.77. The van der Waals surface area contributed by atoms with Gasteiger partial charge in [-0.1, -0.05) is 55.8 Å². The second-order valence-corrected chi connectivity index (χ2v) is 23.8. The molecule has 4 aliphatic heterocycles. The third-order valence-corrected chi connectivity index (χ3v) is 19.9. The maximum atomic E-state index is 13.6. The minimum Gasteiger partial charge on any atom is -0.481 e. The summed E-state index contributed by atoms with van der Waals surface area (Å²) in [5.74, 6) is -2.30. The van der Waals surface area contributed by atoms with Crippen LogP contribution < -0.4 is 0 Å². The van der Waals surface area contributed by atoms with Gasteiger partial charge >= 0.3 is 11.9 Å². The normalized spacial score (nSPS) is 48.1. The molecule has 1 aromatic carbocycles. The van der Waals surface area contributed by atoms with E-state index in [1.807, 2.05) is 57.2 Å². The first-order chi connectivity index (χ1) is 36.6. The van der Waals surface area contributed by atoms with Crippen LogP contribution in [0.1, 0.15) is 125 Å². The van der Waals surface area contributed by atoms with Gasteiger partial charge in [0.15, 0.2) is 25.2 Å². The largest absolute Gasteiger partial charge is 0.481 e. The third-order valence-electron chi connectivity index (χ3n) is 19.9. The van der Waals surface area contributed by atoms with Gasteiger partial charge in [0, 0.05) is 66.1 Å². The molecule has 4 aliphatic carbocycles. The highest BCUT2D eigenvalue weighted by atomic mass is 16.8. The molecule has 9 rings (SSSR count). The minimum atomic E-state index is -1.88. The fraction of sp³-hybridized carbons (Fsp3) is 0.793. The van der Waals surface area contributed by atoms with Gasteiger partial charge in [0.25, 0.3) is 0 Å². The standard InChI is InChI=1S/C58H86O19/c1-31-49(60)38(65-8)26-46(69-31)75-51-33(3)71-48(28-40(51)67-10)77-52-34(4)72-47(29-41(52)68-11)76-50-32(2)70-45(27-39(50)66-9)73-37-20-21-54(5)36(25-37)19-22-57(63)42(54)30-43(74-44(59)18-17-35-15-13-12-14-16-35)56(7)55(6,53(61)62)23-24-58(56,57)64/h12-19,31-34,37-43,45-52,60,63-64H,20-30H2,1-11H3,(H,61,62)/b18-17+. The molecule has 77 heavy (non-hydrogen) atoms. The highest BCUT2D eigenvalue weighted by Gasteiger charge is 2.81. The van der Waals surface area contributed by atoms with Crippen molar-refractivity contribution in [2.24, 2.45) is 22.2 Å². The predicted octanol–water partition coefficient (Wildman–Crippen LogP) is 6.01. The first-order valence-electron chi connectivity index (χ1n) is 27.9. The fourth-order valence-electron chi connectivity index (χ4n) is 15.1. The van der Waals surface area contributed by atoms with Gasteiger partial charge in [-0.05, 0) is 96.6 Å². The number of hydrogen-bond acceptors (Lipinski definition) is 18. The van der Waals surface area contributed by atoms with E-state index >= 15 is 0 Å². The number of ether oxygens (including phenoxy) is 13. The number of aliphatic hydroxyl groups excluding tert-OH is 1. The van der Waals surface area contributed by atoms with Crippen LogP contribution in [0.5, 0.6) is 0 Å². The van der Waals surface area contributed by atoms with Crippen molar-refractivity contribution >= 4 is 18.0 Å². The van der Waals surface area contributed by atoms with Crippen molar-refractivity contribution in [3.63, 3.8) is 0 Å². The number of benzene rings is 1. The molecule has 7 fully saturated rings. The Hall–Kier alpha value is -2.96. The number of rotatable bonds is 16. The monoisotopic (exact) mass is 1090 g/mol. The lowest BCUT2D eigenvalue weighted by molar-refractivity contribution is -0.347. The summed E-state index contributed by atoms with van der Waals surface area (Å²) in [6.45, 7) is 13.0. The first-order valence-corrected chi connectivity index (χ1v) is 27.9. The fourth-order valence-corrected chi connectivity index (χ4v) is 15.1. The van der Waals surface area contributed by atoms with Crippen molar-refractivity contribution < 1.29 is 91.6 Å². The average molecular weight is 1090 g/mol. The lowest BCUT2D eigenvalue weighted by atomic mass is 9.41. The summed E-state index contributed by atoms with van der Waals surface area (Å²) < 4.78 is 81.7. The summed E-state index contributed by atoms with van der Waals surface area (Å²) in [6, 6.07) is 9.33. The van der Waals surface area contributed by atoms with Crippen molar-refractivity contribution in [1.29, 1.82) is 0 Å². The number of carboxylic acid groups (broad SMARTS) is 1. The molecule has 1 aromatic rings. The Morgan fingerprint density at radius 3 is 1.65 bits per heavy atom. The highest BCUT2D eigenvalue weighted by Crippen LogP contribution is 2.73. The van der Waals surface area contributed by atoms with Crippen LogP contribution in [-0.4, -0.2) is 183 Å². The van der Waals surface area contributed by atoms with Crippen LogP contribution in [0.25, 0.3) is 6.08 Å². The van der Waals surface area contributed by atoms with Crippen LogP contribution >= 0.6 is 0 Å². The molecule has 432 valence electrons. The Bertz CT molecular complexity index is 2270. The number of aliphatic carboxylic acids is 1. The minimum absolute atomic E-state index is 0.0407. The molecule has 0 aromatic heterocycles. The SMILES string of the molecule is COC1CC(OC2C(C)OC(OC3C(C)OC(OC4C(C)OC(OC5CCC6(C)C(=CCC7(O)C6CC(OC(=O)/C=C/c6ccccc6)C6(C)C(C)(C(=O)O)CCC76O)C5)CC4OC)CC3OC)CC2OC)OC(C)C1O. The summed E-state index contributed by atoms with van der Waals surface area (Å²) >= 11 is 0. The number of carbonyl (C=O) groups is 2. The molecule has 8 aliphatic rings. The van der Waals surface area contributed by atoms with E-state index in [4.69, 9.17) is 61.6 Å². The molecule has 0 spiro atoms. The predicted molar refractivity (Wildman–Crippen MR) is 276 cm³/mol. The van der Waals surface area contributed by atoms with E-state index in [0.29, 0.717) is 44.9 Å². The Morgan fingerprint density at radius 2 is 1.14 bits per heavy atom. The van der Waals surface area contributed by atoms with E-state index in [1.54, 1.807) is 55.3 Å². The zero-order chi connectivity index (χ0) is 55.4. The second-order valence-electron chi connectivity index (χ2n) is 23.8. The van der Waals surface area contributed by atoms with E-state index in [1.165, 1.54) is 6.08 Å². The third kappa shape index (κ3) is 10.7. The van der Waals surface area contributed by atoms with Gasteiger partial charge in [0.2, 0.25) is 0 Å². The topological polar surface area (TPSA) is 235 Å². The zero-order valence-corrected chi connectivity index (χ0v) is 46.8. The van der Waals surface area contributed by atoms with Crippen LogP contribution in [0.3, 0.4) is 0 Å². The van der Waals surface area contributed by atoms with Gasteiger partial charge in [-0.2, -0.15) is 0 Å². The molecule has 24 unspecified atom stereocenters. The Morgan fingerprint density at radius 1 is 0.649 bits per heavy atom. The van der Waals surface area contributed by atoms with Crippen molar-refractivity contribution in [2.75, 3.05) is 28.4 Å². The number of hydrogen-bond donors (Lipinski definition) is 4. The maximum absolute atomic E-state index is 13.6. The van der Waals surface area contributed by atoms with E-state index in [2.05, 4.69) is 6.92 Å². The number of carboxylic acids is 1. The molecule has 4 saturated heterocycles. The van der Waals surface area contributed by atoms with Crippen LogP contribution in [0, 0.1) is 22.2 Å². The van der Waals surface area contributed by atoms with Crippen LogP contribution in [0.15, 0.2) is 48.1 Å². The molecule has 4 heterocycles. The summed E-state index contributed by atoms with van der Waals surface area (Å²) in [7, 11) is 6.49.